The molecule has 1 aromatic carbocycles. The lowest BCUT2D eigenvalue weighted by Crippen LogP contribution is -2.29. The number of halogens is 4. The third kappa shape index (κ3) is 4.90. The van der Waals surface area contributed by atoms with Gasteiger partial charge in [-0.05, 0) is 32.3 Å². The number of hydrogen-bond acceptors (Lipinski definition) is 7. The fourth-order valence-electron chi connectivity index (χ4n) is 4.89. The monoisotopic (exact) mass is 582 g/mol. The lowest BCUT2D eigenvalue weighted by molar-refractivity contribution is -0.118. The van der Waals surface area contributed by atoms with E-state index in [1.54, 1.807) is 28.2 Å². The Balaban J connectivity index is 1.19. The Labute approximate surface area is 236 Å². The lowest BCUT2D eigenvalue weighted by atomic mass is 10.0. The Morgan fingerprint density at radius 1 is 1.15 bits per heavy atom. The molecule has 1 saturated carbocycles. The van der Waals surface area contributed by atoms with Crippen LogP contribution >= 0.6 is 11.6 Å². The van der Waals surface area contributed by atoms with E-state index in [4.69, 9.17) is 11.6 Å². The number of anilines is 2. The van der Waals surface area contributed by atoms with Crippen LogP contribution in [0.3, 0.4) is 0 Å². The second-order valence-corrected chi connectivity index (χ2v) is 10.4. The molecule has 2 fully saturated rings. The summed E-state index contributed by atoms with van der Waals surface area (Å²) in [5.74, 6) is -0.798. The molecule has 1 aliphatic carbocycles. The van der Waals surface area contributed by atoms with Crippen LogP contribution in [0.25, 0.3) is 11.3 Å². The predicted octanol–water partition coefficient (Wildman–Crippen LogP) is 5.01. The van der Waals surface area contributed by atoms with Gasteiger partial charge in [0, 0.05) is 47.7 Å². The third-order valence-electron chi connectivity index (χ3n) is 7.35. The van der Waals surface area contributed by atoms with Crippen molar-refractivity contribution in [3.63, 3.8) is 0 Å². The maximum atomic E-state index is 14.8. The van der Waals surface area contributed by atoms with Crippen molar-refractivity contribution in [3.8, 4) is 11.3 Å². The van der Waals surface area contributed by atoms with Gasteiger partial charge in [-0.3, -0.25) is 24.2 Å². The smallest absolute Gasteiger partial charge is 0.276 e. The van der Waals surface area contributed by atoms with Gasteiger partial charge in [0.1, 0.15) is 5.69 Å². The number of fused-ring (bicyclic) bond motifs is 1. The zero-order valence-electron chi connectivity index (χ0n) is 21.7. The summed E-state index contributed by atoms with van der Waals surface area (Å²) in [5.41, 5.74) is -0.298. The molecule has 1 unspecified atom stereocenters. The number of nitrogens with one attached hydrogen (secondary N) is 1. The second-order valence-electron chi connectivity index (χ2n) is 10.0. The van der Waals surface area contributed by atoms with Crippen LogP contribution in [0.15, 0.2) is 43.1 Å². The van der Waals surface area contributed by atoms with E-state index in [0.717, 1.165) is 30.3 Å². The highest BCUT2D eigenvalue weighted by Crippen LogP contribution is 2.46. The summed E-state index contributed by atoms with van der Waals surface area (Å²) < 4.78 is 43.5. The van der Waals surface area contributed by atoms with Crippen LogP contribution in [-0.4, -0.2) is 48.1 Å². The van der Waals surface area contributed by atoms with Gasteiger partial charge in [0.15, 0.2) is 5.82 Å². The molecule has 14 heteroatoms. The van der Waals surface area contributed by atoms with Crippen LogP contribution in [-0.2, 0) is 4.79 Å². The molecule has 4 heterocycles. The summed E-state index contributed by atoms with van der Waals surface area (Å²) in [6.45, 7) is 4.03. The van der Waals surface area contributed by atoms with Crippen molar-refractivity contribution >= 4 is 35.1 Å². The van der Waals surface area contributed by atoms with Crippen LogP contribution in [0.4, 0.5) is 24.8 Å². The topological polar surface area (TPSA) is 119 Å². The van der Waals surface area contributed by atoms with Gasteiger partial charge in [-0.2, -0.15) is 5.10 Å². The van der Waals surface area contributed by atoms with E-state index in [0.29, 0.717) is 24.1 Å². The van der Waals surface area contributed by atoms with Crippen molar-refractivity contribution in [1.82, 2.24) is 29.7 Å². The van der Waals surface area contributed by atoms with Crippen molar-refractivity contribution < 1.29 is 22.8 Å². The number of aromatic nitrogens is 6. The molecule has 4 aromatic rings. The average molecular weight is 583 g/mol. The number of rotatable bonds is 7. The van der Waals surface area contributed by atoms with Gasteiger partial charge in [-0.15, -0.1) is 0 Å². The molecule has 2 amide bonds. The Morgan fingerprint density at radius 2 is 1.90 bits per heavy atom. The largest absolute Gasteiger partial charge is 0.318 e. The number of nitrogens with zero attached hydrogens (tertiary/aromatic N) is 7. The maximum Gasteiger partial charge on any atom is 0.276 e. The standard InChI is InChI=1S/C27H22ClF3N8O2/c1-12-23(37-20(9-32-12)21-17(24(30)31)3-4-19(28)22(21)29)25(40)36-16-8-35-39(11-16)13(2)15-6-33-27(34-7-15)38-10-14-5-18(14)26(38)41/h3-4,6-9,11,13-14,18,24H,5,10H2,1-2H3,(H,36,40)/t13?,14-,18-/m1/s1. The van der Waals surface area contributed by atoms with Gasteiger partial charge < -0.3 is 5.32 Å². The molecule has 2 aliphatic rings. The van der Waals surface area contributed by atoms with E-state index in [1.165, 1.54) is 13.1 Å². The molecule has 0 spiro atoms. The van der Waals surface area contributed by atoms with E-state index in [1.807, 2.05) is 6.92 Å². The highest BCUT2D eigenvalue weighted by atomic mass is 35.5. The Bertz CT molecular complexity index is 1680. The summed E-state index contributed by atoms with van der Waals surface area (Å²) >= 11 is 5.82. The van der Waals surface area contributed by atoms with Gasteiger partial charge in [0.2, 0.25) is 11.9 Å². The number of benzene rings is 1. The van der Waals surface area contributed by atoms with Crippen molar-refractivity contribution in [3.05, 3.63) is 76.5 Å². The van der Waals surface area contributed by atoms with Crippen molar-refractivity contribution in [2.24, 2.45) is 11.8 Å². The highest BCUT2D eigenvalue weighted by Gasteiger charge is 2.53. The molecular weight excluding hydrogens is 561 g/mol. The number of aryl methyl sites for hydroxylation is 1. The second kappa shape index (κ2) is 10.2. The zero-order chi connectivity index (χ0) is 29.0. The molecule has 1 aliphatic heterocycles. The fraction of sp³-hybridized carbons (Fsp3) is 0.296. The van der Waals surface area contributed by atoms with Crippen molar-refractivity contribution in [1.29, 1.82) is 0 Å². The third-order valence-corrected chi connectivity index (χ3v) is 7.64. The van der Waals surface area contributed by atoms with Crippen LogP contribution in [0.1, 0.15) is 53.1 Å². The van der Waals surface area contributed by atoms with Gasteiger partial charge in [-0.25, -0.2) is 28.1 Å². The minimum absolute atomic E-state index is 0.0703. The van der Waals surface area contributed by atoms with Gasteiger partial charge in [0.05, 0.1) is 40.5 Å². The quantitative estimate of drug-likeness (QED) is 0.325. The van der Waals surface area contributed by atoms with Gasteiger partial charge in [0.25, 0.3) is 12.3 Å². The summed E-state index contributed by atoms with van der Waals surface area (Å²) in [4.78, 5) is 43.9. The summed E-state index contributed by atoms with van der Waals surface area (Å²) in [5, 5.41) is 6.60. The lowest BCUT2D eigenvalue weighted by Gasteiger charge is -2.17. The molecule has 1 saturated heterocycles. The first-order valence-electron chi connectivity index (χ1n) is 12.7. The first kappa shape index (κ1) is 26.8. The van der Waals surface area contributed by atoms with Crippen molar-refractivity contribution in [2.45, 2.75) is 32.7 Å². The predicted molar refractivity (Wildman–Crippen MR) is 142 cm³/mol. The van der Waals surface area contributed by atoms with Gasteiger partial charge >= 0.3 is 0 Å². The summed E-state index contributed by atoms with van der Waals surface area (Å²) in [6, 6.07) is 1.74. The van der Waals surface area contributed by atoms with E-state index in [9.17, 15) is 22.8 Å². The number of carbonyl (C=O) groups excluding carboxylic acids is 2. The summed E-state index contributed by atoms with van der Waals surface area (Å²) in [6.07, 6.45) is 5.35. The number of piperidine rings is 1. The first-order chi connectivity index (χ1) is 19.6. The minimum Gasteiger partial charge on any atom is -0.318 e. The average Bonchev–Trinajstić information content (AvgIpc) is 3.46. The van der Waals surface area contributed by atoms with Crippen LogP contribution in [0.5, 0.6) is 0 Å². The van der Waals surface area contributed by atoms with E-state index in [-0.39, 0.29) is 40.0 Å². The molecule has 0 bridgehead atoms. The molecule has 3 atom stereocenters. The van der Waals surface area contributed by atoms with E-state index >= 15 is 0 Å². The number of alkyl halides is 2. The number of hydrogen-bond donors (Lipinski definition) is 1. The summed E-state index contributed by atoms with van der Waals surface area (Å²) in [7, 11) is 0. The minimum atomic E-state index is -3.00. The van der Waals surface area contributed by atoms with Gasteiger partial charge in [-0.1, -0.05) is 17.7 Å². The molecule has 10 nitrogen and oxygen atoms in total. The van der Waals surface area contributed by atoms with Crippen molar-refractivity contribution in [2.75, 3.05) is 16.8 Å². The molecule has 210 valence electrons. The normalized spacial score (nSPS) is 18.5. The molecule has 6 rings (SSSR count). The van der Waals surface area contributed by atoms with E-state index in [2.05, 4.69) is 30.4 Å². The zero-order valence-corrected chi connectivity index (χ0v) is 22.5. The van der Waals surface area contributed by atoms with Crippen LogP contribution in [0, 0.1) is 24.6 Å². The maximum absolute atomic E-state index is 14.8. The number of amides is 2. The van der Waals surface area contributed by atoms with Crippen LogP contribution in [0.2, 0.25) is 5.02 Å². The highest BCUT2D eigenvalue weighted by molar-refractivity contribution is 6.31. The Kier molecular flexibility index (Phi) is 6.68. The SMILES string of the molecule is Cc1ncc(-c2c(C(F)F)ccc(Cl)c2F)nc1C(=O)Nc1cnn(C(C)c2cnc(N3C[C@H]4C[C@H]4C3=O)nc2)c1. The number of carbonyl (C=O) groups is 2. The Morgan fingerprint density at radius 3 is 2.59 bits per heavy atom. The molecule has 0 radical (unpaired) electrons. The molecule has 1 N–H and O–H groups in total. The van der Waals surface area contributed by atoms with E-state index < -0.39 is 29.3 Å². The molecule has 3 aromatic heterocycles. The van der Waals surface area contributed by atoms with Crippen LogP contribution < -0.4 is 10.2 Å². The molecule has 41 heavy (non-hydrogen) atoms. The Hall–Kier alpha value is -4.39. The fourth-order valence-corrected chi connectivity index (χ4v) is 5.05. The molecular formula is C27H22ClF3N8O2. The first-order valence-corrected chi connectivity index (χ1v) is 13.1.